The summed E-state index contributed by atoms with van der Waals surface area (Å²) in [7, 11) is 1.47. The van der Waals surface area contributed by atoms with Crippen LogP contribution < -0.4 is 10.1 Å². The second-order valence-corrected chi connectivity index (χ2v) is 6.94. The summed E-state index contributed by atoms with van der Waals surface area (Å²) in [5, 5.41) is 2.71. The van der Waals surface area contributed by atoms with Gasteiger partial charge in [-0.15, -0.1) is 0 Å². The van der Waals surface area contributed by atoms with Gasteiger partial charge in [-0.05, 0) is 56.2 Å². The third-order valence-electron chi connectivity index (χ3n) is 4.05. The second kappa shape index (κ2) is 10.3. The molecule has 7 heteroatoms. The molecular weight excluding hydrogens is 372 g/mol. The molecule has 0 unspecified atom stereocenters. The quantitative estimate of drug-likeness (QED) is 0.691. The fourth-order valence-electron chi connectivity index (χ4n) is 2.59. The van der Waals surface area contributed by atoms with E-state index in [1.807, 2.05) is 51.1 Å². The number of amides is 2. The molecule has 154 valence electrons. The first kappa shape index (κ1) is 21.9. The lowest BCUT2D eigenvalue weighted by Crippen LogP contribution is -2.37. The highest BCUT2D eigenvalue weighted by Gasteiger charge is 2.15. The zero-order valence-corrected chi connectivity index (χ0v) is 17.2. The number of nitrogens with zero attached hydrogens (tertiary/aromatic N) is 1. The summed E-state index contributed by atoms with van der Waals surface area (Å²) in [6.45, 7) is 4.91. The zero-order valence-electron chi connectivity index (χ0n) is 17.2. The third kappa shape index (κ3) is 7.65. The first-order valence-electron chi connectivity index (χ1n) is 9.20. The Morgan fingerprint density at radius 2 is 1.52 bits per heavy atom. The van der Waals surface area contributed by atoms with Crippen molar-refractivity contribution >= 4 is 23.5 Å². The van der Waals surface area contributed by atoms with Crippen molar-refractivity contribution in [3.63, 3.8) is 0 Å². The molecule has 2 aromatic carbocycles. The summed E-state index contributed by atoms with van der Waals surface area (Å²) in [5.41, 5.74) is 3.78. The molecule has 2 aromatic rings. The van der Waals surface area contributed by atoms with Crippen LogP contribution >= 0.6 is 0 Å². The molecule has 2 rings (SSSR count). The van der Waals surface area contributed by atoms with Crippen molar-refractivity contribution < 1.29 is 23.9 Å². The highest BCUT2D eigenvalue weighted by atomic mass is 16.6. The second-order valence-electron chi connectivity index (χ2n) is 6.94. The molecule has 0 atom stereocenters. The molecule has 29 heavy (non-hydrogen) atoms. The number of hydrogen-bond acceptors (Lipinski definition) is 5. The van der Waals surface area contributed by atoms with E-state index in [4.69, 9.17) is 9.47 Å². The number of aryl methyl sites for hydroxylation is 3. The molecular formula is C22H26N2O5. The third-order valence-corrected chi connectivity index (χ3v) is 4.05. The van der Waals surface area contributed by atoms with Crippen molar-refractivity contribution in [3.8, 4) is 5.75 Å². The van der Waals surface area contributed by atoms with Crippen LogP contribution in [-0.4, -0.2) is 49.5 Å². The molecule has 0 aliphatic rings. The van der Waals surface area contributed by atoms with Gasteiger partial charge in [-0.25, -0.2) is 4.79 Å². The van der Waals surface area contributed by atoms with E-state index in [2.05, 4.69) is 5.32 Å². The molecule has 0 aromatic heterocycles. The fraction of sp³-hybridized carbons (Fsp3) is 0.318. The van der Waals surface area contributed by atoms with Crippen LogP contribution in [0.1, 0.15) is 16.7 Å². The van der Waals surface area contributed by atoms with Crippen molar-refractivity contribution in [2.45, 2.75) is 20.8 Å². The molecule has 0 aliphatic carbocycles. The van der Waals surface area contributed by atoms with Crippen molar-refractivity contribution in [1.82, 2.24) is 4.90 Å². The fourth-order valence-corrected chi connectivity index (χ4v) is 2.59. The molecule has 0 aliphatic heterocycles. The normalized spacial score (nSPS) is 10.2. The van der Waals surface area contributed by atoms with Gasteiger partial charge in [0.1, 0.15) is 5.75 Å². The van der Waals surface area contributed by atoms with Gasteiger partial charge in [-0.3, -0.25) is 9.59 Å². The average Bonchev–Trinajstić information content (AvgIpc) is 2.65. The molecule has 0 radical (unpaired) electrons. The van der Waals surface area contributed by atoms with Gasteiger partial charge in [0.25, 0.3) is 5.91 Å². The van der Waals surface area contributed by atoms with Crippen molar-refractivity contribution in [1.29, 1.82) is 0 Å². The van der Waals surface area contributed by atoms with Crippen LogP contribution in [0, 0.1) is 20.8 Å². The molecule has 1 N–H and O–H groups in total. The number of carbonyl (C=O) groups excluding carboxylic acids is 3. The SMILES string of the molecule is Cc1ccc(NC(=O)CN(C)C(=O)COC(=O)COc2cc(C)cc(C)c2)cc1. The Morgan fingerprint density at radius 3 is 2.14 bits per heavy atom. The number of benzene rings is 2. The van der Waals surface area contributed by atoms with Crippen LogP contribution in [0.2, 0.25) is 0 Å². The summed E-state index contributed by atoms with van der Waals surface area (Å²) >= 11 is 0. The highest BCUT2D eigenvalue weighted by molar-refractivity contribution is 5.94. The summed E-state index contributed by atoms with van der Waals surface area (Å²) < 4.78 is 10.3. The average molecular weight is 398 g/mol. The number of rotatable bonds is 8. The topological polar surface area (TPSA) is 84.9 Å². The Morgan fingerprint density at radius 1 is 0.897 bits per heavy atom. The van der Waals surface area contributed by atoms with Gasteiger partial charge in [-0.2, -0.15) is 0 Å². The predicted octanol–water partition coefficient (Wildman–Crippen LogP) is 2.63. The predicted molar refractivity (Wildman–Crippen MR) is 110 cm³/mol. The molecule has 0 spiro atoms. The molecule has 0 heterocycles. The lowest BCUT2D eigenvalue weighted by atomic mass is 10.1. The molecule has 0 saturated heterocycles. The summed E-state index contributed by atoms with van der Waals surface area (Å²) in [5.74, 6) is -0.913. The maximum atomic E-state index is 12.1. The maximum Gasteiger partial charge on any atom is 0.344 e. The Hall–Kier alpha value is -3.35. The van der Waals surface area contributed by atoms with Gasteiger partial charge in [0.2, 0.25) is 5.91 Å². The Balaban J connectivity index is 1.72. The Kier molecular flexibility index (Phi) is 7.77. The number of nitrogens with one attached hydrogen (secondary N) is 1. The number of hydrogen-bond donors (Lipinski definition) is 1. The molecule has 0 fully saturated rings. The highest BCUT2D eigenvalue weighted by Crippen LogP contribution is 2.16. The molecule has 7 nitrogen and oxygen atoms in total. The number of ether oxygens (including phenoxy) is 2. The lowest BCUT2D eigenvalue weighted by molar-refractivity contribution is -0.153. The van der Waals surface area contributed by atoms with E-state index in [-0.39, 0.29) is 19.1 Å². The van der Waals surface area contributed by atoms with Gasteiger partial charge < -0.3 is 19.7 Å². The lowest BCUT2D eigenvalue weighted by Gasteiger charge is -2.17. The summed E-state index contributed by atoms with van der Waals surface area (Å²) in [6, 6.07) is 12.9. The minimum atomic E-state index is -0.657. The van der Waals surface area contributed by atoms with Gasteiger partial charge in [0.15, 0.2) is 13.2 Å². The van der Waals surface area contributed by atoms with Crippen LogP contribution in [0.15, 0.2) is 42.5 Å². The molecule has 0 saturated carbocycles. The van der Waals surface area contributed by atoms with Crippen molar-refractivity contribution in [3.05, 3.63) is 59.2 Å². The van der Waals surface area contributed by atoms with E-state index in [0.717, 1.165) is 16.7 Å². The van der Waals surface area contributed by atoms with Crippen LogP contribution in [0.25, 0.3) is 0 Å². The first-order valence-corrected chi connectivity index (χ1v) is 9.20. The van der Waals surface area contributed by atoms with Gasteiger partial charge >= 0.3 is 5.97 Å². The minimum Gasteiger partial charge on any atom is -0.482 e. The van der Waals surface area contributed by atoms with Crippen molar-refractivity contribution in [2.24, 2.45) is 0 Å². The van der Waals surface area contributed by atoms with E-state index in [0.29, 0.717) is 11.4 Å². The number of likely N-dealkylation sites (N-methyl/N-ethyl adjacent to an activating group) is 1. The monoisotopic (exact) mass is 398 g/mol. The van der Waals surface area contributed by atoms with Crippen LogP contribution in [0.3, 0.4) is 0 Å². The molecule has 0 bridgehead atoms. The van der Waals surface area contributed by atoms with E-state index in [9.17, 15) is 14.4 Å². The number of carbonyl (C=O) groups is 3. The van der Waals surface area contributed by atoms with E-state index in [1.165, 1.54) is 11.9 Å². The zero-order chi connectivity index (χ0) is 21.4. The first-order chi connectivity index (χ1) is 13.7. The largest absolute Gasteiger partial charge is 0.482 e. The van der Waals surface area contributed by atoms with Crippen LogP contribution in [-0.2, 0) is 19.1 Å². The smallest absolute Gasteiger partial charge is 0.344 e. The minimum absolute atomic E-state index is 0.149. The van der Waals surface area contributed by atoms with E-state index < -0.39 is 18.5 Å². The van der Waals surface area contributed by atoms with Crippen molar-refractivity contribution in [2.75, 3.05) is 32.1 Å². The van der Waals surface area contributed by atoms with E-state index >= 15 is 0 Å². The Labute approximate surface area is 170 Å². The van der Waals surface area contributed by atoms with Crippen LogP contribution in [0.4, 0.5) is 5.69 Å². The van der Waals surface area contributed by atoms with Crippen LogP contribution in [0.5, 0.6) is 5.75 Å². The maximum absolute atomic E-state index is 12.1. The molecule has 2 amide bonds. The summed E-state index contributed by atoms with van der Waals surface area (Å²) in [4.78, 5) is 37.1. The summed E-state index contributed by atoms with van der Waals surface area (Å²) in [6.07, 6.45) is 0. The standard InChI is InChI=1S/C22H26N2O5/c1-15-5-7-18(8-6-15)23-20(25)12-24(4)21(26)13-29-22(27)14-28-19-10-16(2)9-17(3)11-19/h5-11H,12-14H2,1-4H3,(H,23,25). The Bertz CT molecular complexity index is 857. The van der Waals surface area contributed by atoms with Gasteiger partial charge in [0.05, 0.1) is 6.54 Å². The van der Waals surface area contributed by atoms with Gasteiger partial charge in [-0.1, -0.05) is 23.8 Å². The number of anilines is 1. The number of esters is 1. The van der Waals surface area contributed by atoms with E-state index in [1.54, 1.807) is 12.1 Å². The van der Waals surface area contributed by atoms with Gasteiger partial charge in [0, 0.05) is 12.7 Å².